The predicted molar refractivity (Wildman–Crippen MR) is 79.4 cm³/mol. The second-order valence-electron chi connectivity index (χ2n) is 5.76. The molecule has 1 fully saturated rings. The quantitative estimate of drug-likeness (QED) is 0.916. The maximum atomic E-state index is 4.80. The molecule has 3 rings (SSSR count). The topological polar surface area (TPSA) is 29.9 Å². The Kier molecular flexibility index (Phi) is 3.56. The zero-order valence-electron chi connectivity index (χ0n) is 11.9. The van der Waals surface area contributed by atoms with Gasteiger partial charge in [-0.15, -0.1) is 0 Å². The van der Waals surface area contributed by atoms with E-state index in [0.717, 1.165) is 17.9 Å². The SMILES string of the molecule is Cc1cccc2nc(CCC3CCNCC3)n(C)c12. The van der Waals surface area contributed by atoms with Crippen LogP contribution < -0.4 is 5.32 Å². The number of para-hydroxylation sites is 1. The number of nitrogens with zero attached hydrogens (tertiary/aromatic N) is 2. The molecule has 0 radical (unpaired) electrons. The standard InChI is InChI=1S/C16H23N3/c1-12-4-3-5-14-16(12)19(2)15(18-14)7-6-13-8-10-17-11-9-13/h3-5,13,17H,6-11H2,1-2H3. The third-order valence-corrected chi connectivity index (χ3v) is 4.42. The van der Waals surface area contributed by atoms with Crippen LogP contribution in [0, 0.1) is 12.8 Å². The molecule has 102 valence electrons. The van der Waals surface area contributed by atoms with Gasteiger partial charge in [0.15, 0.2) is 0 Å². The molecule has 19 heavy (non-hydrogen) atoms. The van der Waals surface area contributed by atoms with Crippen LogP contribution in [0.5, 0.6) is 0 Å². The normalized spacial score (nSPS) is 17.2. The highest BCUT2D eigenvalue weighted by Gasteiger charge is 2.15. The zero-order valence-corrected chi connectivity index (χ0v) is 11.9. The van der Waals surface area contributed by atoms with Crippen molar-refractivity contribution in [1.82, 2.24) is 14.9 Å². The van der Waals surface area contributed by atoms with Crippen molar-refractivity contribution in [3.63, 3.8) is 0 Å². The van der Waals surface area contributed by atoms with Crippen molar-refractivity contribution < 1.29 is 0 Å². The first-order chi connectivity index (χ1) is 9.25. The van der Waals surface area contributed by atoms with Crippen molar-refractivity contribution in [3.8, 4) is 0 Å². The molecule has 0 aliphatic carbocycles. The molecule has 2 heterocycles. The van der Waals surface area contributed by atoms with Gasteiger partial charge in [-0.05, 0) is 56.8 Å². The summed E-state index contributed by atoms with van der Waals surface area (Å²) in [4.78, 5) is 4.80. The summed E-state index contributed by atoms with van der Waals surface area (Å²) < 4.78 is 2.28. The summed E-state index contributed by atoms with van der Waals surface area (Å²) in [5.74, 6) is 2.12. The third kappa shape index (κ3) is 2.52. The van der Waals surface area contributed by atoms with Gasteiger partial charge in [-0.1, -0.05) is 12.1 Å². The van der Waals surface area contributed by atoms with Gasteiger partial charge in [0, 0.05) is 13.5 Å². The summed E-state index contributed by atoms with van der Waals surface area (Å²) in [6, 6.07) is 6.39. The van der Waals surface area contributed by atoms with Crippen molar-refractivity contribution >= 4 is 11.0 Å². The Morgan fingerprint density at radius 3 is 2.84 bits per heavy atom. The molecule has 0 spiro atoms. The van der Waals surface area contributed by atoms with Crippen LogP contribution in [-0.2, 0) is 13.5 Å². The molecule has 1 aliphatic rings. The first kappa shape index (κ1) is 12.7. The van der Waals surface area contributed by atoms with Crippen LogP contribution in [0.4, 0.5) is 0 Å². The molecule has 3 nitrogen and oxygen atoms in total. The van der Waals surface area contributed by atoms with Gasteiger partial charge in [0.25, 0.3) is 0 Å². The van der Waals surface area contributed by atoms with Gasteiger partial charge >= 0.3 is 0 Å². The van der Waals surface area contributed by atoms with Gasteiger partial charge in [-0.3, -0.25) is 0 Å². The molecule has 0 amide bonds. The lowest BCUT2D eigenvalue weighted by Crippen LogP contribution is -2.28. The number of piperidine rings is 1. The molecule has 0 saturated carbocycles. The van der Waals surface area contributed by atoms with Crippen molar-refractivity contribution in [2.75, 3.05) is 13.1 Å². The van der Waals surface area contributed by atoms with Crippen LogP contribution in [0.25, 0.3) is 11.0 Å². The monoisotopic (exact) mass is 257 g/mol. The molecule has 1 aromatic carbocycles. The van der Waals surface area contributed by atoms with E-state index in [2.05, 4.69) is 42.1 Å². The van der Waals surface area contributed by atoms with Crippen LogP contribution in [0.15, 0.2) is 18.2 Å². The van der Waals surface area contributed by atoms with Crippen molar-refractivity contribution in [3.05, 3.63) is 29.6 Å². The van der Waals surface area contributed by atoms with Gasteiger partial charge < -0.3 is 9.88 Å². The van der Waals surface area contributed by atoms with Crippen molar-refractivity contribution in [1.29, 1.82) is 0 Å². The number of benzene rings is 1. The van der Waals surface area contributed by atoms with E-state index in [4.69, 9.17) is 4.98 Å². The molecular formula is C16H23N3. The van der Waals surface area contributed by atoms with E-state index in [9.17, 15) is 0 Å². The summed E-state index contributed by atoms with van der Waals surface area (Å²) in [6.45, 7) is 4.54. The van der Waals surface area contributed by atoms with Crippen molar-refractivity contribution in [2.24, 2.45) is 13.0 Å². The Balaban J connectivity index is 1.77. The first-order valence-electron chi connectivity index (χ1n) is 7.37. The highest BCUT2D eigenvalue weighted by molar-refractivity contribution is 5.79. The fourth-order valence-electron chi connectivity index (χ4n) is 3.24. The van der Waals surface area contributed by atoms with Gasteiger partial charge in [-0.2, -0.15) is 0 Å². The van der Waals surface area contributed by atoms with Gasteiger partial charge in [0.1, 0.15) is 5.82 Å². The van der Waals surface area contributed by atoms with Gasteiger partial charge in [0.2, 0.25) is 0 Å². The minimum atomic E-state index is 0.877. The van der Waals surface area contributed by atoms with Crippen LogP contribution >= 0.6 is 0 Å². The highest BCUT2D eigenvalue weighted by atomic mass is 15.1. The molecule has 1 aliphatic heterocycles. The Bertz CT molecular complexity index is 565. The summed E-state index contributed by atoms with van der Waals surface area (Å²) in [6.07, 6.45) is 5.03. The number of fused-ring (bicyclic) bond motifs is 1. The molecule has 0 bridgehead atoms. The molecule has 0 atom stereocenters. The number of aryl methyl sites for hydroxylation is 3. The molecule has 1 saturated heterocycles. The van der Waals surface area contributed by atoms with E-state index in [1.165, 1.54) is 49.3 Å². The largest absolute Gasteiger partial charge is 0.331 e. The van der Waals surface area contributed by atoms with Gasteiger partial charge in [-0.25, -0.2) is 4.98 Å². The smallest absolute Gasteiger partial charge is 0.109 e. The summed E-state index contributed by atoms with van der Waals surface area (Å²) >= 11 is 0. The zero-order chi connectivity index (χ0) is 13.2. The average molecular weight is 257 g/mol. The van der Waals surface area contributed by atoms with Crippen LogP contribution in [-0.4, -0.2) is 22.6 Å². The summed E-state index contributed by atoms with van der Waals surface area (Å²) in [7, 11) is 2.15. The minimum Gasteiger partial charge on any atom is -0.331 e. The number of aromatic nitrogens is 2. The molecule has 0 unspecified atom stereocenters. The number of hydrogen-bond acceptors (Lipinski definition) is 2. The number of hydrogen-bond donors (Lipinski definition) is 1. The molecule has 1 N–H and O–H groups in total. The lowest BCUT2D eigenvalue weighted by atomic mass is 9.93. The molecular weight excluding hydrogens is 234 g/mol. The van der Waals surface area contributed by atoms with E-state index < -0.39 is 0 Å². The highest BCUT2D eigenvalue weighted by Crippen LogP contribution is 2.22. The van der Waals surface area contributed by atoms with E-state index >= 15 is 0 Å². The lowest BCUT2D eigenvalue weighted by molar-refractivity contribution is 0.351. The second kappa shape index (κ2) is 5.33. The molecule has 2 aromatic rings. The summed E-state index contributed by atoms with van der Waals surface area (Å²) in [5, 5.41) is 3.43. The summed E-state index contributed by atoms with van der Waals surface area (Å²) in [5.41, 5.74) is 3.76. The van der Waals surface area contributed by atoms with Crippen LogP contribution in [0.3, 0.4) is 0 Å². The lowest BCUT2D eigenvalue weighted by Gasteiger charge is -2.22. The third-order valence-electron chi connectivity index (χ3n) is 4.42. The van der Waals surface area contributed by atoms with E-state index in [-0.39, 0.29) is 0 Å². The fourth-order valence-corrected chi connectivity index (χ4v) is 3.24. The fraction of sp³-hybridized carbons (Fsp3) is 0.562. The van der Waals surface area contributed by atoms with Crippen LogP contribution in [0.2, 0.25) is 0 Å². The van der Waals surface area contributed by atoms with E-state index in [1.54, 1.807) is 0 Å². The average Bonchev–Trinajstić information content (AvgIpc) is 2.76. The maximum absolute atomic E-state index is 4.80. The Morgan fingerprint density at radius 1 is 1.32 bits per heavy atom. The van der Waals surface area contributed by atoms with Gasteiger partial charge in [0.05, 0.1) is 11.0 Å². The second-order valence-corrected chi connectivity index (χ2v) is 5.76. The Morgan fingerprint density at radius 2 is 2.11 bits per heavy atom. The Labute approximate surface area is 115 Å². The number of imidazole rings is 1. The molecule has 3 heteroatoms. The number of rotatable bonds is 3. The van der Waals surface area contributed by atoms with E-state index in [0.29, 0.717) is 0 Å². The number of nitrogens with one attached hydrogen (secondary N) is 1. The predicted octanol–water partition coefficient (Wildman–Crippen LogP) is 2.81. The van der Waals surface area contributed by atoms with Crippen molar-refractivity contribution in [2.45, 2.75) is 32.6 Å². The first-order valence-corrected chi connectivity index (χ1v) is 7.37. The van der Waals surface area contributed by atoms with Crippen LogP contribution in [0.1, 0.15) is 30.7 Å². The maximum Gasteiger partial charge on any atom is 0.109 e. The Hall–Kier alpha value is -1.35. The molecule has 1 aromatic heterocycles. The minimum absolute atomic E-state index is 0.877. The van der Waals surface area contributed by atoms with E-state index in [1.807, 2.05) is 0 Å².